The molecule has 1 aromatic heterocycles. The fourth-order valence-corrected chi connectivity index (χ4v) is 1.99. The van der Waals surface area contributed by atoms with Crippen LogP contribution in [-0.2, 0) is 0 Å². The third-order valence-electron chi connectivity index (χ3n) is 2.85. The van der Waals surface area contributed by atoms with Gasteiger partial charge in [-0.1, -0.05) is 6.07 Å². The molecule has 1 aliphatic heterocycles. The number of amidine groups is 1. The van der Waals surface area contributed by atoms with E-state index in [1.807, 2.05) is 18.2 Å². The number of hydrogen-bond donors (Lipinski definition) is 3. The molecule has 1 aromatic carbocycles. The van der Waals surface area contributed by atoms with E-state index >= 15 is 0 Å². The Morgan fingerprint density at radius 3 is 2.95 bits per heavy atom. The summed E-state index contributed by atoms with van der Waals surface area (Å²) in [4.78, 5) is 8.74. The van der Waals surface area contributed by atoms with Gasteiger partial charge in [0.05, 0.1) is 12.1 Å². The average molecular weight is 254 g/mol. The minimum atomic E-state index is 0.221. The normalized spacial score (nSPS) is 13.8. The van der Waals surface area contributed by atoms with Crippen molar-refractivity contribution in [3.8, 4) is 5.75 Å². The van der Waals surface area contributed by atoms with Crippen LogP contribution in [0.25, 0.3) is 0 Å². The number of anilines is 2. The summed E-state index contributed by atoms with van der Waals surface area (Å²) in [5.74, 6) is 1.80. The zero-order chi connectivity index (χ0) is 13.1. The highest BCUT2D eigenvalue weighted by atomic mass is 16.3. The molecule has 0 amide bonds. The second kappa shape index (κ2) is 4.97. The van der Waals surface area contributed by atoms with E-state index in [4.69, 9.17) is 0 Å². The van der Waals surface area contributed by atoms with E-state index in [1.165, 1.54) is 0 Å². The molecule has 0 saturated heterocycles. The lowest BCUT2D eigenvalue weighted by Gasteiger charge is -2.11. The number of phenols is 1. The van der Waals surface area contributed by atoms with Crippen LogP contribution in [0.2, 0.25) is 0 Å². The molecule has 3 rings (SSSR count). The van der Waals surface area contributed by atoms with E-state index in [0.29, 0.717) is 0 Å². The Labute approximate surface area is 111 Å². The number of aliphatic imine (C=N–C) groups is 1. The van der Waals surface area contributed by atoms with Crippen molar-refractivity contribution in [3.63, 3.8) is 0 Å². The lowest BCUT2D eigenvalue weighted by molar-refractivity contribution is 0.475. The molecule has 0 unspecified atom stereocenters. The first-order valence-electron chi connectivity index (χ1n) is 6.13. The van der Waals surface area contributed by atoms with Crippen molar-refractivity contribution in [2.24, 2.45) is 4.99 Å². The summed E-state index contributed by atoms with van der Waals surface area (Å²) in [6, 6.07) is 10.8. The van der Waals surface area contributed by atoms with E-state index in [9.17, 15) is 5.11 Å². The van der Waals surface area contributed by atoms with Gasteiger partial charge in [-0.05, 0) is 24.3 Å². The first kappa shape index (κ1) is 11.5. The monoisotopic (exact) mass is 254 g/mol. The van der Waals surface area contributed by atoms with Crippen molar-refractivity contribution in [1.82, 2.24) is 10.3 Å². The fraction of sp³-hybridized carbons (Fsp3) is 0.143. The van der Waals surface area contributed by atoms with Gasteiger partial charge in [0.15, 0.2) is 0 Å². The Hall–Kier alpha value is -2.56. The van der Waals surface area contributed by atoms with Crippen molar-refractivity contribution < 1.29 is 5.11 Å². The van der Waals surface area contributed by atoms with Crippen LogP contribution in [0.4, 0.5) is 11.5 Å². The predicted molar refractivity (Wildman–Crippen MR) is 75.0 cm³/mol. The van der Waals surface area contributed by atoms with E-state index in [2.05, 4.69) is 20.6 Å². The standard InChI is InChI=1S/C14H14N4O/c19-11-4-1-3-10(9-11)18-14-12(5-2-6-15-14)13-16-7-8-17-13/h1-6,9,19H,7-8H2,(H,15,18)(H,16,17). The SMILES string of the molecule is Oc1cccc(Nc2ncccc2C2=NCCN2)c1. The summed E-state index contributed by atoms with van der Waals surface area (Å²) in [7, 11) is 0. The van der Waals surface area contributed by atoms with Crippen molar-refractivity contribution in [2.75, 3.05) is 18.4 Å². The molecule has 0 radical (unpaired) electrons. The molecule has 1 aliphatic rings. The quantitative estimate of drug-likeness (QED) is 0.782. The molecule has 19 heavy (non-hydrogen) atoms. The molecule has 0 fully saturated rings. The third kappa shape index (κ3) is 2.49. The molecule has 0 saturated carbocycles. The van der Waals surface area contributed by atoms with Crippen molar-refractivity contribution in [3.05, 3.63) is 48.2 Å². The molecule has 0 atom stereocenters. The van der Waals surface area contributed by atoms with Crippen LogP contribution < -0.4 is 10.6 Å². The van der Waals surface area contributed by atoms with Crippen LogP contribution in [0.1, 0.15) is 5.56 Å². The number of rotatable bonds is 3. The van der Waals surface area contributed by atoms with Gasteiger partial charge in [-0.2, -0.15) is 0 Å². The number of pyridine rings is 1. The van der Waals surface area contributed by atoms with Crippen LogP contribution in [0.3, 0.4) is 0 Å². The molecule has 5 heteroatoms. The Balaban J connectivity index is 1.92. The van der Waals surface area contributed by atoms with Gasteiger partial charge in [0.1, 0.15) is 17.4 Å². The highest BCUT2D eigenvalue weighted by Gasteiger charge is 2.13. The molecule has 0 spiro atoms. The Bertz CT molecular complexity index is 624. The maximum Gasteiger partial charge on any atom is 0.141 e. The minimum absolute atomic E-state index is 0.221. The van der Waals surface area contributed by atoms with Gasteiger partial charge in [0.25, 0.3) is 0 Å². The summed E-state index contributed by atoms with van der Waals surface area (Å²) in [6.07, 6.45) is 1.73. The van der Waals surface area contributed by atoms with Crippen molar-refractivity contribution >= 4 is 17.3 Å². The number of nitrogens with one attached hydrogen (secondary N) is 2. The number of phenolic OH excluding ortho intramolecular Hbond substituents is 1. The highest BCUT2D eigenvalue weighted by molar-refractivity contribution is 6.04. The zero-order valence-corrected chi connectivity index (χ0v) is 10.3. The van der Waals surface area contributed by atoms with Gasteiger partial charge in [-0.25, -0.2) is 4.98 Å². The maximum atomic E-state index is 9.48. The molecule has 0 bridgehead atoms. The maximum absolute atomic E-state index is 9.48. The second-order valence-corrected chi connectivity index (χ2v) is 4.23. The van der Waals surface area contributed by atoms with E-state index in [-0.39, 0.29) is 5.75 Å². The van der Waals surface area contributed by atoms with Crippen LogP contribution in [0.15, 0.2) is 47.6 Å². The van der Waals surface area contributed by atoms with E-state index in [0.717, 1.165) is 36.0 Å². The Morgan fingerprint density at radius 2 is 2.16 bits per heavy atom. The first-order valence-corrected chi connectivity index (χ1v) is 6.13. The van der Waals surface area contributed by atoms with Crippen molar-refractivity contribution in [1.29, 1.82) is 0 Å². The van der Waals surface area contributed by atoms with Gasteiger partial charge in [0.2, 0.25) is 0 Å². The Kier molecular flexibility index (Phi) is 3.02. The minimum Gasteiger partial charge on any atom is -0.508 e. The first-order chi connectivity index (χ1) is 9.33. The molecule has 2 heterocycles. The zero-order valence-electron chi connectivity index (χ0n) is 10.3. The summed E-state index contributed by atoms with van der Waals surface area (Å²) < 4.78 is 0. The molecule has 0 aliphatic carbocycles. The van der Waals surface area contributed by atoms with Gasteiger partial charge >= 0.3 is 0 Å². The average Bonchev–Trinajstić information content (AvgIpc) is 2.93. The molecular formula is C14H14N4O. The molecule has 5 nitrogen and oxygen atoms in total. The lowest BCUT2D eigenvalue weighted by Crippen LogP contribution is -2.20. The molecular weight excluding hydrogens is 240 g/mol. The van der Waals surface area contributed by atoms with E-state index in [1.54, 1.807) is 24.4 Å². The highest BCUT2D eigenvalue weighted by Crippen LogP contribution is 2.22. The van der Waals surface area contributed by atoms with Crippen LogP contribution in [0, 0.1) is 0 Å². The largest absolute Gasteiger partial charge is 0.508 e. The summed E-state index contributed by atoms with van der Waals surface area (Å²) >= 11 is 0. The van der Waals surface area contributed by atoms with E-state index < -0.39 is 0 Å². The number of benzene rings is 1. The lowest BCUT2D eigenvalue weighted by atomic mass is 10.2. The summed E-state index contributed by atoms with van der Waals surface area (Å²) in [6.45, 7) is 1.64. The molecule has 96 valence electrons. The number of aromatic hydroxyl groups is 1. The number of aromatic nitrogens is 1. The summed E-state index contributed by atoms with van der Waals surface area (Å²) in [5.41, 5.74) is 1.72. The van der Waals surface area contributed by atoms with Gasteiger partial charge in [0, 0.05) is 24.5 Å². The third-order valence-corrected chi connectivity index (χ3v) is 2.85. The van der Waals surface area contributed by atoms with Gasteiger partial charge < -0.3 is 15.7 Å². The topological polar surface area (TPSA) is 69.5 Å². The smallest absolute Gasteiger partial charge is 0.141 e. The van der Waals surface area contributed by atoms with Crippen LogP contribution in [-0.4, -0.2) is 29.0 Å². The molecule has 2 aromatic rings. The number of nitrogens with zero attached hydrogens (tertiary/aromatic N) is 2. The summed E-state index contributed by atoms with van der Waals surface area (Å²) in [5, 5.41) is 15.9. The Morgan fingerprint density at radius 1 is 1.21 bits per heavy atom. The second-order valence-electron chi connectivity index (χ2n) is 4.23. The van der Waals surface area contributed by atoms with Crippen LogP contribution in [0.5, 0.6) is 5.75 Å². The fourth-order valence-electron chi connectivity index (χ4n) is 1.99. The van der Waals surface area contributed by atoms with Crippen LogP contribution >= 0.6 is 0 Å². The predicted octanol–water partition coefficient (Wildman–Crippen LogP) is 1.88. The van der Waals surface area contributed by atoms with Gasteiger partial charge in [-0.15, -0.1) is 0 Å². The van der Waals surface area contributed by atoms with Crippen molar-refractivity contribution in [2.45, 2.75) is 0 Å². The number of hydrogen-bond acceptors (Lipinski definition) is 5. The molecule has 3 N–H and O–H groups in total. The van der Waals surface area contributed by atoms with Gasteiger partial charge in [-0.3, -0.25) is 4.99 Å².